The Hall–Kier alpha value is -1.84. The predicted octanol–water partition coefficient (Wildman–Crippen LogP) is 2.44. The van der Waals surface area contributed by atoms with Crippen LogP contribution in [-0.4, -0.2) is 40.9 Å². The van der Waals surface area contributed by atoms with E-state index in [0.29, 0.717) is 12.4 Å². The highest BCUT2D eigenvalue weighted by atomic mass is 127. The van der Waals surface area contributed by atoms with Crippen LogP contribution in [0.1, 0.15) is 24.8 Å². The van der Waals surface area contributed by atoms with Gasteiger partial charge >= 0.3 is 0 Å². The number of nitrogens with zero attached hydrogens (tertiary/aromatic N) is 4. The minimum Gasteiger partial charge on any atom is -0.477 e. The first-order valence-corrected chi connectivity index (χ1v) is 8.83. The quantitative estimate of drug-likeness (QED) is 0.255. The molecule has 0 unspecified atom stereocenters. The molecule has 0 aliphatic heterocycles. The van der Waals surface area contributed by atoms with Gasteiger partial charge in [-0.05, 0) is 42.9 Å². The van der Waals surface area contributed by atoms with Crippen LogP contribution in [0.25, 0.3) is 0 Å². The maximum atomic E-state index is 5.73. The molecule has 1 aliphatic carbocycles. The lowest BCUT2D eigenvalue weighted by molar-refractivity contribution is 0.288. The van der Waals surface area contributed by atoms with Crippen LogP contribution in [0, 0.1) is 5.92 Å². The molecule has 142 valence electrons. The zero-order valence-electron chi connectivity index (χ0n) is 15.1. The minimum absolute atomic E-state index is 0. The third-order valence-corrected chi connectivity index (χ3v) is 4.06. The number of guanidine groups is 1. The lowest BCUT2D eigenvalue weighted by atomic mass is 10.2. The fourth-order valence-electron chi connectivity index (χ4n) is 2.41. The Bertz CT molecular complexity index is 672. The monoisotopic (exact) mass is 470 g/mol. The van der Waals surface area contributed by atoms with Gasteiger partial charge in [-0.3, -0.25) is 9.67 Å². The molecule has 2 aromatic rings. The van der Waals surface area contributed by atoms with Crippen molar-refractivity contribution in [1.29, 1.82) is 0 Å². The maximum Gasteiger partial charge on any atom is 0.213 e. The van der Waals surface area contributed by atoms with E-state index < -0.39 is 0 Å². The molecular weight excluding hydrogens is 443 g/mol. The highest BCUT2D eigenvalue weighted by Gasteiger charge is 2.22. The molecule has 0 spiro atoms. The summed E-state index contributed by atoms with van der Waals surface area (Å²) < 4.78 is 7.65. The van der Waals surface area contributed by atoms with Gasteiger partial charge in [-0.1, -0.05) is 0 Å². The van der Waals surface area contributed by atoms with Crippen LogP contribution in [-0.2, 0) is 13.1 Å². The molecule has 2 N–H and O–H groups in total. The predicted molar refractivity (Wildman–Crippen MR) is 113 cm³/mol. The standard InChI is InChI=1S/C18H26N6O.HI/c1-19-18(21-7-2-10-24-11-3-8-23-24)22-13-16-6-9-20-17(12-16)25-14-15-4-5-15;/h3,6,8-9,11-12,15H,2,4-5,7,10,13-14H2,1H3,(H2,19,21,22);1H. The van der Waals surface area contributed by atoms with Crippen LogP contribution in [0.5, 0.6) is 5.88 Å². The van der Waals surface area contributed by atoms with Crippen molar-refractivity contribution in [3.8, 4) is 5.88 Å². The number of hydrogen-bond acceptors (Lipinski definition) is 4. The molecule has 1 saturated carbocycles. The van der Waals surface area contributed by atoms with Crippen molar-refractivity contribution in [2.75, 3.05) is 20.2 Å². The molecule has 0 saturated heterocycles. The van der Waals surface area contributed by atoms with E-state index in [1.165, 1.54) is 12.8 Å². The van der Waals surface area contributed by atoms with Gasteiger partial charge in [-0.2, -0.15) is 5.10 Å². The summed E-state index contributed by atoms with van der Waals surface area (Å²) in [7, 11) is 1.78. The summed E-state index contributed by atoms with van der Waals surface area (Å²) in [6.07, 6.45) is 9.11. The number of aromatic nitrogens is 3. The largest absolute Gasteiger partial charge is 0.477 e. The summed E-state index contributed by atoms with van der Waals surface area (Å²) in [5, 5.41) is 10.8. The van der Waals surface area contributed by atoms with Crippen LogP contribution in [0.3, 0.4) is 0 Å². The van der Waals surface area contributed by atoms with Crippen LogP contribution < -0.4 is 15.4 Å². The van der Waals surface area contributed by atoms with E-state index in [4.69, 9.17) is 4.74 Å². The molecule has 0 aromatic carbocycles. The van der Waals surface area contributed by atoms with Crippen LogP contribution in [0.4, 0.5) is 0 Å². The van der Waals surface area contributed by atoms with E-state index in [-0.39, 0.29) is 24.0 Å². The van der Waals surface area contributed by atoms with Gasteiger partial charge in [0.25, 0.3) is 0 Å². The zero-order chi connectivity index (χ0) is 17.3. The van der Waals surface area contributed by atoms with E-state index in [1.54, 1.807) is 19.4 Å². The fraction of sp³-hybridized carbons (Fsp3) is 0.500. The lowest BCUT2D eigenvalue weighted by Crippen LogP contribution is -2.37. The minimum atomic E-state index is 0. The fourth-order valence-corrected chi connectivity index (χ4v) is 2.41. The SMILES string of the molecule is CN=C(NCCCn1cccn1)NCc1ccnc(OCC2CC2)c1.I. The Labute approximate surface area is 171 Å². The number of rotatable bonds is 9. The molecule has 0 atom stereocenters. The highest BCUT2D eigenvalue weighted by molar-refractivity contribution is 14.0. The molecule has 2 aromatic heterocycles. The third kappa shape index (κ3) is 7.19. The molecule has 7 nitrogen and oxygen atoms in total. The number of aliphatic imine (C=N–C) groups is 1. The lowest BCUT2D eigenvalue weighted by Gasteiger charge is -2.12. The first-order chi connectivity index (χ1) is 12.3. The van der Waals surface area contributed by atoms with E-state index in [9.17, 15) is 0 Å². The number of aryl methyl sites for hydroxylation is 1. The number of pyridine rings is 1. The molecule has 0 amide bonds. The van der Waals surface area contributed by atoms with Gasteiger partial charge in [0.2, 0.25) is 5.88 Å². The zero-order valence-corrected chi connectivity index (χ0v) is 17.4. The summed E-state index contributed by atoms with van der Waals surface area (Å²) in [4.78, 5) is 8.52. The van der Waals surface area contributed by atoms with Crippen molar-refractivity contribution < 1.29 is 4.74 Å². The molecule has 1 aliphatic rings. The van der Waals surface area contributed by atoms with Gasteiger partial charge in [0.05, 0.1) is 6.61 Å². The Kier molecular flexibility index (Phi) is 8.66. The second-order valence-electron chi connectivity index (χ2n) is 6.23. The Morgan fingerprint density at radius 3 is 2.96 bits per heavy atom. The Morgan fingerprint density at radius 1 is 1.35 bits per heavy atom. The van der Waals surface area contributed by atoms with Crippen molar-refractivity contribution in [1.82, 2.24) is 25.4 Å². The van der Waals surface area contributed by atoms with Crippen molar-refractivity contribution in [2.45, 2.75) is 32.4 Å². The molecule has 0 bridgehead atoms. The summed E-state index contributed by atoms with van der Waals surface area (Å²) in [5.74, 6) is 2.22. The van der Waals surface area contributed by atoms with Crippen molar-refractivity contribution >= 4 is 29.9 Å². The van der Waals surface area contributed by atoms with Gasteiger partial charge in [-0.15, -0.1) is 24.0 Å². The van der Waals surface area contributed by atoms with Crippen molar-refractivity contribution in [3.63, 3.8) is 0 Å². The van der Waals surface area contributed by atoms with Crippen LogP contribution >= 0.6 is 24.0 Å². The van der Waals surface area contributed by atoms with Crippen LogP contribution in [0.15, 0.2) is 41.8 Å². The number of ether oxygens (including phenoxy) is 1. The molecule has 8 heteroatoms. The number of hydrogen-bond donors (Lipinski definition) is 2. The number of nitrogens with one attached hydrogen (secondary N) is 2. The average Bonchev–Trinajstić information content (AvgIpc) is 3.33. The Balaban J connectivity index is 0.00000243. The van der Waals surface area contributed by atoms with Gasteiger partial charge in [-0.25, -0.2) is 4.98 Å². The highest BCUT2D eigenvalue weighted by Crippen LogP contribution is 2.29. The molecular formula is C18H27IN6O. The van der Waals surface area contributed by atoms with Gasteiger partial charge in [0, 0.05) is 51.3 Å². The summed E-state index contributed by atoms with van der Waals surface area (Å²) in [6, 6.07) is 5.91. The van der Waals surface area contributed by atoms with Crippen molar-refractivity contribution in [2.24, 2.45) is 10.9 Å². The Morgan fingerprint density at radius 2 is 2.23 bits per heavy atom. The average molecular weight is 470 g/mol. The molecule has 1 fully saturated rings. The number of halogens is 1. The smallest absolute Gasteiger partial charge is 0.213 e. The van der Waals surface area contributed by atoms with E-state index in [0.717, 1.165) is 43.6 Å². The van der Waals surface area contributed by atoms with E-state index in [2.05, 4.69) is 25.7 Å². The first-order valence-electron chi connectivity index (χ1n) is 8.83. The summed E-state index contributed by atoms with van der Waals surface area (Å²) in [6.45, 7) is 3.19. The van der Waals surface area contributed by atoms with Crippen LogP contribution in [0.2, 0.25) is 0 Å². The molecule has 0 radical (unpaired) electrons. The second kappa shape index (κ2) is 11.0. The van der Waals surface area contributed by atoms with Gasteiger partial charge in [0.15, 0.2) is 5.96 Å². The summed E-state index contributed by atoms with van der Waals surface area (Å²) in [5.41, 5.74) is 1.13. The molecule has 2 heterocycles. The second-order valence-corrected chi connectivity index (χ2v) is 6.23. The van der Waals surface area contributed by atoms with Gasteiger partial charge < -0.3 is 15.4 Å². The van der Waals surface area contributed by atoms with Gasteiger partial charge in [0.1, 0.15) is 0 Å². The normalized spacial score (nSPS) is 13.8. The third-order valence-electron chi connectivity index (χ3n) is 4.06. The first kappa shape index (κ1) is 20.5. The molecule has 26 heavy (non-hydrogen) atoms. The summed E-state index contributed by atoms with van der Waals surface area (Å²) >= 11 is 0. The topological polar surface area (TPSA) is 76.4 Å². The van der Waals surface area contributed by atoms with E-state index >= 15 is 0 Å². The van der Waals surface area contributed by atoms with E-state index in [1.807, 2.05) is 29.1 Å². The molecule has 3 rings (SSSR count). The van der Waals surface area contributed by atoms with Crippen molar-refractivity contribution in [3.05, 3.63) is 42.4 Å². The maximum absolute atomic E-state index is 5.73.